The molecular weight excluding hydrogens is 906 g/mol. The van der Waals surface area contributed by atoms with Gasteiger partial charge in [0, 0.05) is 81.3 Å². The molecule has 73 heavy (non-hydrogen) atoms. The molecule has 9 aromatic carbocycles. The van der Waals surface area contributed by atoms with Crippen molar-refractivity contribution in [1.82, 2.24) is 4.57 Å². The van der Waals surface area contributed by atoms with Gasteiger partial charge in [0.15, 0.2) is 0 Å². The van der Waals surface area contributed by atoms with E-state index >= 15 is 0 Å². The minimum atomic E-state index is -0.255. The van der Waals surface area contributed by atoms with Crippen LogP contribution < -0.4 is 21.3 Å². The van der Waals surface area contributed by atoms with Crippen LogP contribution in [-0.2, 0) is 16.2 Å². The number of benzene rings is 9. The molecule has 0 atom stereocenters. The number of nitrogens with zero attached hydrogens (tertiary/aromatic N) is 2. The molecule has 1 aliphatic heterocycles. The van der Waals surface area contributed by atoms with E-state index < -0.39 is 0 Å². The maximum absolute atomic E-state index is 7.07. The largest absolute Gasteiger partial charge is 0.469 e. The molecule has 0 saturated carbocycles. The fraction of sp³-hybridized carbons (Fsp3) is 0.164. The number of hydrogen-bond acceptors (Lipinski definition) is 4. The topological polar surface area (TPSA) is 33.3 Å². The minimum absolute atomic E-state index is 0.0191. The van der Waals surface area contributed by atoms with Crippen LogP contribution in [0.1, 0.15) is 77.6 Å². The van der Waals surface area contributed by atoms with Crippen LogP contribution in [0.15, 0.2) is 186 Å². The van der Waals surface area contributed by atoms with Crippen molar-refractivity contribution in [3.63, 3.8) is 0 Å². The van der Waals surface area contributed by atoms with E-state index in [1.165, 1.54) is 103 Å². The maximum atomic E-state index is 7.07. The summed E-state index contributed by atoms with van der Waals surface area (Å²) in [5.41, 5.74) is 22.3. The van der Waals surface area contributed by atoms with Crippen LogP contribution in [0.3, 0.4) is 0 Å². The van der Waals surface area contributed by atoms with Crippen molar-refractivity contribution in [3.05, 3.63) is 204 Å². The van der Waals surface area contributed by atoms with E-state index in [-0.39, 0.29) is 16.2 Å². The molecule has 14 rings (SSSR count). The van der Waals surface area contributed by atoms with Crippen LogP contribution in [-0.4, -0.2) is 11.8 Å². The molecule has 0 radical (unpaired) electrons. The molecule has 0 unspecified atom stereocenters. The summed E-state index contributed by atoms with van der Waals surface area (Å²) in [5.74, 6) is 0. The highest BCUT2D eigenvalue weighted by Gasteiger charge is 2.38. The van der Waals surface area contributed by atoms with Crippen molar-refractivity contribution >= 4 is 111 Å². The quantitative estimate of drug-likeness (QED) is 0.169. The van der Waals surface area contributed by atoms with Gasteiger partial charge in [-0.2, -0.15) is 0 Å². The Hall–Kier alpha value is -7.80. The lowest BCUT2D eigenvalue weighted by Crippen LogP contribution is -2.36. The summed E-state index contributed by atoms with van der Waals surface area (Å²) >= 11 is 1.88. The summed E-state index contributed by atoms with van der Waals surface area (Å²) in [4.78, 5) is 2.38. The molecule has 0 saturated heterocycles. The van der Waals surface area contributed by atoms with Crippen LogP contribution in [0.25, 0.3) is 80.9 Å². The fourth-order valence-corrected chi connectivity index (χ4v) is 13.4. The molecule has 6 heteroatoms. The second kappa shape index (κ2) is 15.6. The van der Waals surface area contributed by atoms with Gasteiger partial charge in [0.1, 0.15) is 5.58 Å². The molecule has 3 aromatic heterocycles. The van der Waals surface area contributed by atoms with Crippen molar-refractivity contribution < 1.29 is 4.42 Å². The van der Waals surface area contributed by atoms with Gasteiger partial charge in [-0.25, -0.2) is 0 Å². The number of para-hydroxylation sites is 2. The van der Waals surface area contributed by atoms with Gasteiger partial charge in [-0.3, -0.25) is 0 Å². The summed E-state index contributed by atoms with van der Waals surface area (Å²) in [6.07, 6.45) is 0. The molecule has 4 heterocycles. The first-order chi connectivity index (χ1) is 35.2. The Kier molecular flexibility index (Phi) is 9.39. The van der Waals surface area contributed by atoms with Gasteiger partial charge in [-0.05, 0) is 146 Å². The molecule has 4 nitrogen and oxygen atoms in total. The Morgan fingerprint density at radius 1 is 0.521 bits per heavy atom. The Bertz CT molecular complexity index is 4200. The van der Waals surface area contributed by atoms with E-state index in [1.54, 1.807) is 0 Å². The summed E-state index contributed by atoms with van der Waals surface area (Å²) < 4.78 is 12.3. The van der Waals surface area contributed by atoms with Gasteiger partial charge in [0.05, 0.1) is 16.9 Å². The molecule has 354 valence electrons. The normalized spacial score (nSPS) is 13.7. The highest BCUT2D eigenvalue weighted by atomic mass is 32.1. The average molecular weight is 962 g/mol. The Balaban J connectivity index is 1.04. The predicted octanol–water partition coefficient (Wildman–Crippen LogP) is 17.4. The van der Waals surface area contributed by atoms with Crippen LogP contribution in [0.4, 0.5) is 28.4 Å². The van der Waals surface area contributed by atoms with Gasteiger partial charge < -0.3 is 19.2 Å². The zero-order valence-electron chi connectivity index (χ0n) is 42.7. The standard InChI is InChI=1S/C67H56BN3OS/c1-65(2,3)39-23-26-41(27-24-39)69-56-37-55-49(48-34-44(28-31-54(48)67(55,7)8)70(42-17-11-9-12-18-42)43-19-13-10-14-20-43)35-50(56)46-29-30-47-51-36-52-45-21-15-16-22-59(45)73-60(52)38-57(51)71-62(47)61(46)68-64-63(71)53-33-40(66(4,5)6)25-32-58(53)72-64/h9-38,68-69H,1-8H3. The van der Waals surface area contributed by atoms with Gasteiger partial charge in [-0.15, -0.1) is 11.3 Å². The second-order valence-electron chi connectivity index (χ2n) is 23.1. The number of nitrogens with one attached hydrogen (secondary N) is 1. The zero-order chi connectivity index (χ0) is 49.7. The second-order valence-corrected chi connectivity index (χ2v) is 24.1. The lowest BCUT2D eigenvalue weighted by molar-refractivity contribution is 0.590. The van der Waals surface area contributed by atoms with E-state index in [9.17, 15) is 0 Å². The fourth-order valence-electron chi connectivity index (χ4n) is 12.2. The maximum Gasteiger partial charge on any atom is 0.244 e. The van der Waals surface area contributed by atoms with E-state index in [4.69, 9.17) is 4.42 Å². The lowest BCUT2D eigenvalue weighted by atomic mass is 9.62. The Morgan fingerprint density at radius 3 is 1.93 bits per heavy atom. The number of furan rings is 1. The van der Waals surface area contributed by atoms with Crippen LogP contribution >= 0.6 is 11.3 Å². The summed E-state index contributed by atoms with van der Waals surface area (Å²) in [6.45, 7) is 18.5. The molecule has 2 aliphatic rings. The Labute approximate surface area is 431 Å². The van der Waals surface area contributed by atoms with Gasteiger partial charge in [0.25, 0.3) is 0 Å². The molecule has 0 fully saturated rings. The monoisotopic (exact) mass is 961 g/mol. The SMILES string of the molecule is CC(C)(C)c1ccc(Nc2cc3c(cc2-c2ccc4c5cc6c(cc5n5c4c2Bc2oc4ccc(C(C)(C)C)cc4c2-5)sc2ccccc26)-c2cc(N(c4ccccc4)c4ccccc4)ccc2C3(C)C)cc1. The Morgan fingerprint density at radius 2 is 1.21 bits per heavy atom. The number of thiophene rings is 1. The van der Waals surface area contributed by atoms with E-state index in [1.807, 2.05) is 11.3 Å². The summed E-state index contributed by atoms with van der Waals surface area (Å²) in [6, 6.07) is 68.0. The van der Waals surface area contributed by atoms with Crippen LogP contribution in [0.5, 0.6) is 0 Å². The van der Waals surface area contributed by atoms with Gasteiger partial charge in [0.2, 0.25) is 7.28 Å². The first kappa shape index (κ1) is 43.9. The van der Waals surface area contributed by atoms with E-state index in [0.717, 1.165) is 39.7 Å². The smallest absolute Gasteiger partial charge is 0.244 e. The van der Waals surface area contributed by atoms with Gasteiger partial charge >= 0.3 is 0 Å². The first-order valence-corrected chi connectivity index (χ1v) is 26.6. The third-order valence-electron chi connectivity index (χ3n) is 16.1. The van der Waals surface area contributed by atoms with Crippen molar-refractivity contribution in [3.8, 4) is 27.9 Å². The van der Waals surface area contributed by atoms with E-state index in [0.29, 0.717) is 7.28 Å². The van der Waals surface area contributed by atoms with Crippen molar-refractivity contribution in [2.75, 3.05) is 10.2 Å². The van der Waals surface area contributed by atoms with Crippen molar-refractivity contribution in [1.29, 1.82) is 0 Å². The number of fused-ring (bicyclic) bond motifs is 13. The zero-order valence-corrected chi connectivity index (χ0v) is 43.6. The van der Waals surface area contributed by atoms with Crippen LogP contribution in [0, 0.1) is 0 Å². The number of rotatable bonds is 6. The molecule has 1 aliphatic carbocycles. The molecule has 0 spiro atoms. The highest BCUT2D eigenvalue weighted by molar-refractivity contribution is 7.25. The van der Waals surface area contributed by atoms with Crippen molar-refractivity contribution in [2.24, 2.45) is 0 Å². The lowest BCUT2D eigenvalue weighted by Gasteiger charge is -2.27. The highest BCUT2D eigenvalue weighted by Crippen LogP contribution is 2.54. The van der Waals surface area contributed by atoms with Crippen molar-refractivity contribution in [2.45, 2.75) is 71.6 Å². The first-order valence-electron chi connectivity index (χ1n) is 25.8. The predicted molar refractivity (Wildman–Crippen MR) is 315 cm³/mol. The average Bonchev–Trinajstić information content (AvgIpc) is 4.11. The third kappa shape index (κ3) is 6.72. The molecule has 12 aromatic rings. The third-order valence-corrected chi connectivity index (χ3v) is 17.2. The summed E-state index contributed by atoms with van der Waals surface area (Å²) in [7, 11) is 0.668. The molecule has 0 amide bonds. The van der Waals surface area contributed by atoms with E-state index in [2.05, 4.69) is 252 Å². The molecule has 0 bridgehead atoms. The van der Waals surface area contributed by atoms with Crippen LogP contribution in [0.2, 0.25) is 0 Å². The number of anilines is 5. The summed E-state index contributed by atoms with van der Waals surface area (Å²) in [5, 5.41) is 10.4. The minimum Gasteiger partial charge on any atom is -0.469 e. The molecule has 1 N–H and O–H groups in total. The molecular formula is C67H56BN3OS. The van der Waals surface area contributed by atoms with Gasteiger partial charge in [-0.1, -0.05) is 146 Å². The number of hydrogen-bond donors (Lipinski definition) is 1. The number of aromatic nitrogens is 1.